The SMILES string of the molecule is COc1ccc(C(=O)c2cn(CCCC(C)O)c3ccccc23)c2ccccc12. The molecule has 148 valence electrons. The van der Waals surface area contributed by atoms with Gasteiger partial charge in [-0.2, -0.15) is 0 Å². The molecular weight excluding hydrogens is 362 g/mol. The average Bonchev–Trinajstić information content (AvgIpc) is 3.11. The van der Waals surface area contributed by atoms with Crippen LogP contribution in [0.3, 0.4) is 0 Å². The predicted octanol–water partition coefficient (Wildman–Crippen LogP) is 5.20. The fraction of sp³-hybridized carbons (Fsp3) is 0.240. The number of benzene rings is 3. The summed E-state index contributed by atoms with van der Waals surface area (Å²) in [7, 11) is 1.64. The van der Waals surface area contributed by atoms with Crippen molar-refractivity contribution in [2.45, 2.75) is 32.4 Å². The summed E-state index contributed by atoms with van der Waals surface area (Å²) >= 11 is 0. The Kier molecular flexibility index (Phi) is 5.36. The molecule has 0 spiro atoms. The standard InChI is InChI=1S/C25H25NO3/c1-17(27)8-7-15-26-16-22(19-10-5-6-12-23(19)26)25(28)21-13-14-24(29-2)20-11-4-3-9-18(20)21/h3-6,9-14,16-17,27H,7-8,15H2,1-2H3. The van der Waals surface area contributed by atoms with Crippen LogP contribution in [0.5, 0.6) is 5.75 Å². The minimum atomic E-state index is -0.316. The Morgan fingerprint density at radius 1 is 0.966 bits per heavy atom. The molecule has 0 fully saturated rings. The molecule has 0 aliphatic carbocycles. The van der Waals surface area contributed by atoms with Crippen LogP contribution in [0.25, 0.3) is 21.7 Å². The highest BCUT2D eigenvalue weighted by Crippen LogP contribution is 2.31. The molecular formula is C25H25NO3. The minimum absolute atomic E-state index is 0.00864. The van der Waals surface area contributed by atoms with Gasteiger partial charge in [-0.05, 0) is 43.4 Å². The summed E-state index contributed by atoms with van der Waals surface area (Å²) < 4.78 is 7.59. The first-order valence-corrected chi connectivity index (χ1v) is 9.96. The maximum atomic E-state index is 13.6. The number of carbonyl (C=O) groups is 1. The second-order valence-corrected chi connectivity index (χ2v) is 7.43. The number of aliphatic hydroxyl groups is 1. The van der Waals surface area contributed by atoms with Crippen LogP contribution in [-0.2, 0) is 6.54 Å². The quantitative estimate of drug-likeness (QED) is 0.444. The van der Waals surface area contributed by atoms with Crippen LogP contribution in [0.2, 0.25) is 0 Å². The van der Waals surface area contributed by atoms with Crippen molar-refractivity contribution in [3.63, 3.8) is 0 Å². The molecule has 1 unspecified atom stereocenters. The van der Waals surface area contributed by atoms with Crippen LogP contribution in [0.4, 0.5) is 0 Å². The first kappa shape index (κ1) is 19.2. The molecule has 4 aromatic rings. The van der Waals surface area contributed by atoms with Gasteiger partial charge in [-0.25, -0.2) is 0 Å². The minimum Gasteiger partial charge on any atom is -0.496 e. The van der Waals surface area contributed by atoms with Crippen LogP contribution in [0.15, 0.2) is 66.9 Å². The van der Waals surface area contributed by atoms with Gasteiger partial charge in [-0.3, -0.25) is 4.79 Å². The van der Waals surface area contributed by atoms with Crippen molar-refractivity contribution in [3.05, 3.63) is 78.0 Å². The number of nitrogens with zero attached hydrogens (tertiary/aromatic N) is 1. The molecule has 4 nitrogen and oxygen atoms in total. The second-order valence-electron chi connectivity index (χ2n) is 7.43. The van der Waals surface area contributed by atoms with Crippen molar-refractivity contribution in [2.24, 2.45) is 0 Å². The number of hydrogen-bond donors (Lipinski definition) is 1. The topological polar surface area (TPSA) is 51.5 Å². The van der Waals surface area contributed by atoms with E-state index in [1.54, 1.807) is 14.0 Å². The van der Waals surface area contributed by atoms with Crippen molar-refractivity contribution in [1.29, 1.82) is 0 Å². The summed E-state index contributed by atoms with van der Waals surface area (Å²) in [6.45, 7) is 2.57. The van der Waals surface area contributed by atoms with E-state index in [0.717, 1.165) is 46.8 Å². The number of carbonyl (C=O) groups excluding carboxylic acids is 1. The molecule has 29 heavy (non-hydrogen) atoms. The number of aliphatic hydroxyl groups excluding tert-OH is 1. The van der Waals surface area contributed by atoms with Gasteiger partial charge in [0.05, 0.1) is 13.2 Å². The Morgan fingerprint density at radius 3 is 2.38 bits per heavy atom. The fourth-order valence-corrected chi connectivity index (χ4v) is 3.96. The van der Waals surface area contributed by atoms with E-state index in [1.807, 2.05) is 66.9 Å². The third-order valence-corrected chi connectivity index (χ3v) is 5.40. The molecule has 1 N–H and O–H groups in total. The van der Waals surface area contributed by atoms with E-state index >= 15 is 0 Å². The average molecular weight is 387 g/mol. The van der Waals surface area contributed by atoms with Gasteiger partial charge in [0.2, 0.25) is 0 Å². The molecule has 0 aliphatic heterocycles. The molecule has 4 heteroatoms. The summed E-state index contributed by atoms with van der Waals surface area (Å²) in [6.07, 6.45) is 3.23. The number of aryl methyl sites for hydroxylation is 1. The van der Waals surface area contributed by atoms with E-state index in [1.165, 1.54) is 0 Å². The van der Waals surface area contributed by atoms with Gasteiger partial charge in [0.15, 0.2) is 5.78 Å². The van der Waals surface area contributed by atoms with Crippen LogP contribution in [0, 0.1) is 0 Å². The Bertz CT molecular complexity index is 1170. The van der Waals surface area contributed by atoms with Crippen molar-refractivity contribution in [3.8, 4) is 5.75 Å². The van der Waals surface area contributed by atoms with E-state index in [0.29, 0.717) is 11.1 Å². The Balaban J connectivity index is 1.79. The van der Waals surface area contributed by atoms with E-state index < -0.39 is 0 Å². The first-order valence-electron chi connectivity index (χ1n) is 9.96. The van der Waals surface area contributed by atoms with Crippen molar-refractivity contribution in [1.82, 2.24) is 4.57 Å². The molecule has 0 aliphatic rings. The summed E-state index contributed by atoms with van der Waals surface area (Å²) in [4.78, 5) is 13.6. The third kappa shape index (κ3) is 3.64. The summed E-state index contributed by atoms with van der Waals surface area (Å²) in [5, 5.41) is 12.3. The Labute approximate surface area is 170 Å². The number of ketones is 1. The summed E-state index contributed by atoms with van der Waals surface area (Å²) in [6, 6.07) is 19.5. The van der Waals surface area contributed by atoms with Crippen LogP contribution < -0.4 is 4.74 Å². The number of para-hydroxylation sites is 1. The fourth-order valence-electron chi connectivity index (χ4n) is 3.96. The normalized spacial score (nSPS) is 12.4. The largest absolute Gasteiger partial charge is 0.496 e. The van der Waals surface area contributed by atoms with Crippen molar-refractivity contribution < 1.29 is 14.6 Å². The smallest absolute Gasteiger partial charge is 0.195 e. The van der Waals surface area contributed by atoms with Crippen LogP contribution >= 0.6 is 0 Å². The molecule has 0 saturated carbocycles. The Morgan fingerprint density at radius 2 is 1.66 bits per heavy atom. The molecule has 0 bridgehead atoms. The highest BCUT2D eigenvalue weighted by molar-refractivity contribution is 6.21. The highest BCUT2D eigenvalue weighted by atomic mass is 16.5. The van der Waals surface area contributed by atoms with Gasteiger partial charge >= 0.3 is 0 Å². The molecule has 1 atom stereocenters. The first-order chi connectivity index (χ1) is 14.1. The number of ether oxygens (including phenoxy) is 1. The highest BCUT2D eigenvalue weighted by Gasteiger charge is 2.19. The van der Waals surface area contributed by atoms with Gasteiger partial charge in [0, 0.05) is 40.2 Å². The zero-order valence-electron chi connectivity index (χ0n) is 16.8. The van der Waals surface area contributed by atoms with Crippen molar-refractivity contribution >= 4 is 27.5 Å². The molecule has 1 aromatic heterocycles. The maximum Gasteiger partial charge on any atom is 0.195 e. The number of methoxy groups -OCH3 is 1. The molecule has 0 radical (unpaired) electrons. The third-order valence-electron chi connectivity index (χ3n) is 5.40. The summed E-state index contributed by atoms with van der Waals surface area (Å²) in [5.41, 5.74) is 2.42. The molecule has 0 saturated heterocycles. The number of fused-ring (bicyclic) bond motifs is 2. The number of aromatic nitrogens is 1. The lowest BCUT2D eigenvalue weighted by molar-refractivity contribution is 0.104. The van der Waals surface area contributed by atoms with Gasteiger partial charge in [0.1, 0.15) is 5.75 Å². The van der Waals surface area contributed by atoms with E-state index in [4.69, 9.17) is 4.74 Å². The molecule has 4 rings (SSSR count). The van der Waals surface area contributed by atoms with E-state index in [9.17, 15) is 9.90 Å². The Hall–Kier alpha value is -3.11. The summed E-state index contributed by atoms with van der Waals surface area (Å²) in [5.74, 6) is 0.770. The van der Waals surface area contributed by atoms with Gasteiger partial charge in [-0.15, -0.1) is 0 Å². The molecule has 3 aromatic carbocycles. The second kappa shape index (κ2) is 8.10. The van der Waals surface area contributed by atoms with E-state index in [2.05, 4.69) is 4.57 Å². The van der Waals surface area contributed by atoms with E-state index in [-0.39, 0.29) is 11.9 Å². The zero-order valence-corrected chi connectivity index (χ0v) is 16.8. The molecule has 1 heterocycles. The van der Waals surface area contributed by atoms with Crippen molar-refractivity contribution in [2.75, 3.05) is 7.11 Å². The van der Waals surface area contributed by atoms with Crippen LogP contribution in [0.1, 0.15) is 35.7 Å². The van der Waals surface area contributed by atoms with Gasteiger partial charge in [-0.1, -0.05) is 42.5 Å². The lowest BCUT2D eigenvalue weighted by Crippen LogP contribution is -2.04. The predicted molar refractivity (Wildman–Crippen MR) is 117 cm³/mol. The van der Waals surface area contributed by atoms with Gasteiger partial charge in [0.25, 0.3) is 0 Å². The molecule has 0 amide bonds. The number of hydrogen-bond acceptors (Lipinski definition) is 3. The zero-order chi connectivity index (χ0) is 20.4. The van der Waals surface area contributed by atoms with Crippen LogP contribution in [-0.4, -0.2) is 28.7 Å². The van der Waals surface area contributed by atoms with Gasteiger partial charge < -0.3 is 14.4 Å². The number of rotatable bonds is 7. The lowest BCUT2D eigenvalue weighted by Gasteiger charge is -2.09. The maximum absolute atomic E-state index is 13.6. The monoisotopic (exact) mass is 387 g/mol. The lowest BCUT2D eigenvalue weighted by atomic mass is 9.96.